The Morgan fingerprint density at radius 2 is 2.21 bits per heavy atom. The number of Topliss-reactive ketones (excluding diaryl/α,β-unsaturated/α-hetero) is 1. The molecule has 1 N–H and O–H groups in total. The number of methoxy groups -OCH3 is 1. The van der Waals surface area contributed by atoms with E-state index in [1.165, 1.54) is 18.5 Å². The van der Waals surface area contributed by atoms with Gasteiger partial charge in [0.2, 0.25) is 0 Å². The Kier molecular flexibility index (Phi) is 4.07. The van der Waals surface area contributed by atoms with Crippen LogP contribution in [0.1, 0.15) is 23.0 Å². The highest BCUT2D eigenvalue weighted by atomic mass is 35.5. The average molecular weight is 297 g/mol. The molecular weight excluding hydrogens is 284 g/mol. The molecule has 4 nitrogen and oxygen atoms in total. The summed E-state index contributed by atoms with van der Waals surface area (Å²) in [6.45, 7) is 3.33. The summed E-state index contributed by atoms with van der Waals surface area (Å²) in [5.41, 5.74) is 2.01. The number of aryl methyl sites for hydroxylation is 1. The van der Waals surface area contributed by atoms with Crippen molar-refractivity contribution >= 4 is 39.6 Å². The van der Waals surface area contributed by atoms with Gasteiger partial charge in [-0.2, -0.15) is 4.37 Å². The number of benzene rings is 1. The fourth-order valence-electron chi connectivity index (χ4n) is 1.72. The van der Waals surface area contributed by atoms with Crippen LogP contribution in [0.2, 0.25) is 5.02 Å². The molecule has 0 amide bonds. The minimum absolute atomic E-state index is 0.0206. The monoisotopic (exact) mass is 296 g/mol. The van der Waals surface area contributed by atoms with Crippen molar-refractivity contribution < 1.29 is 9.53 Å². The summed E-state index contributed by atoms with van der Waals surface area (Å²) in [6.07, 6.45) is 0. The number of anilines is 2. The lowest BCUT2D eigenvalue weighted by molar-refractivity contribution is 0.101. The van der Waals surface area contributed by atoms with Crippen molar-refractivity contribution in [3.05, 3.63) is 34.5 Å². The Labute approximate surface area is 120 Å². The predicted molar refractivity (Wildman–Crippen MR) is 78.1 cm³/mol. The molecule has 0 saturated carbocycles. The lowest BCUT2D eigenvalue weighted by Gasteiger charge is -2.09. The van der Waals surface area contributed by atoms with E-state index >= 15 is 0 Å². The number of nitrogens with one attached hydrogen (secondary N) is 1. The average Bonchev–Trinajstić information content (AvgIpc) is 2.73. The second kappa shape index (κ2) is 5.59. The van der Waals surface area contributed by atoms with Gasteiger partial charge in [0.05, 0.1) is 29.1 Å². The van der Waals surface area contributed by atoms with Crippen molar-refractivity contribution in [3.8, 4) is 5.75 Å². The van der Waals surface area contributed by atoms with E-state index in [0.29, 0.717) is 27.0 Å². The van der Waals surface area contributed by atoms with E-state index in [1.54, 1.807) is 25.3 Å². The van der Waals surface area contributed by atoms with Gasteiger partial charge in [-0.05, 0) is 37.5 Å². The third-order valence-corrected chi connectivity index (χ3v) is 3.82. The molecule has 0 fully saturated rings. The van der Waals surface area contributed by atoms with Gasteiger partial charge in [0.25, 0.3) is 0 Å². The molecule has 0 spiro atoms. The summed E-state index contributed by atoms with van der Waals surface area (Å²) in [4.78, 5) is 11.6. The van der Waals surface area contributed by atoms with Crippen molar-refractivity contribution in [3.63, 3.8) is 0 Å². The molecule has 0 unspecified atom stereocenters. The van der Waals surface area contributed by atoms with Crippen molar-refractivity contribution in [2.24, 2.45) is 0 Å². The lowest BCUT2D eigenvalue weighted by atomic mass is 10.2. The molecule has 0 aliphatic carbocycles. The van der Waals surface area contributed by atoms with E-state index < -0.39 is 0 Å². The molecule has 6 heteroatoms. The Balaban J connectivity index is 2.39. The summed E-state index contributed by atoms with van der Waals surface area (Å²) in [7, 11) is 1.59. The normalized spacial score (nSPS) is 10.3. The third-order valence-electron chi connectivity index (χ3n) is 2.64. The molecule has 0 atom stereocenters. The van der Waals surface area contributed by atoms with Gasteiger partial charge in [-0.15, -0.1) is 0 Å². The number of carbonyl (C=O) groups is 1. The second-order valence-corrected chi connectivity index (χ2v) is 5.18. The molecule has 0 saturated heterocycles. The number of aromatic nitrogens is 1. The summed E-state index contributed by atoms with van der Waals surface area (Å²) in [5.74, 6) is 0.672. The lowest BCUT2D eigenvalue weighted by Crippen LogP contribution is -1.99. The van der Waals surface area contributed by atoms with Crippen LogP contribution in [0.15, 0.2) is 18.2 Å². The molecule has 0 aliphatic heterocycles. The number of nitrogens with zero attached hydrogens (tertiary/aromatic N) is 1. The number of ether oxygens (including phenoxy) is 1. The molecule has 19 heavy (non-hydrogen) atoms. The first kappa shape index (κ1) is 13.8. The smallest absolute Gasteiger partial charge is 0.164 e. The van der Waals surface area contributed by atoms with Crippen molar-refractivity contribution in [2.75, 3.05) is 12.4 Å². The molecular formula is C13H13ClN2O2S. The minimum Gasteiger partial charge on any atom is -0.497 e. The largest absolute Gasteiger partial charge is 0.497 e. The molecule has 2 aromatic rings. The zero-order valence-electron chi connectivity index (χ0n) is 10.8. The highest BCUT2D eigenvalue weighted by Crippen LogP contribution is 2.33. The predicted octanol–water partition coefficient (Wildman–Crippen LogP) is 4.06. The van der Waals surface area contributed by atoms with Gasteiger partial charge >= 0.3 is 0 Å². The molecule has 1 heterocycles. The van der Waals surface area contributed by atoms with Gasteiger partial charge in [0.1, 0.15) is 10.8 Å². The van der Waals surface area contributed by atoms with Crippen molar-refractivity contribution in [2.45, 2.75) is 13.8 Å². The standard InChI is InChI=1S/C13H13ClN2O2S/c1-7-12(8(2)17)13(19-16-7)15-11-6-9(18-3)4-5-10(11)14/h4-6,15H,1-3H3. The molecule has 0 aliphatic rings. The van der Waals surface area contributed by atoms with Gasteiger partial charge in [-0.25, -0.2) is 0 Å². The molecule has 2 rings (SSSR count). The summed E-state index contributed by atoms with van der Waals surface area (Å²) in [6, 6.07) is 5.29. The zero-order valence-corrected chi connectivity index (χ0v) is 12.4. The summed E-state index contributed by atoms with van der Waals surface area (Å²) >= 11 is 7.36. The topological polar surface area (TPSA) is 51.2 Å². The number of halogens is 1. The number of carbonyl (C=O) groups excluding carboxylic acids is 1. The van der Waals surface area contributed by atoms with Gasteiger partial charge in [-0.1, -0.05) is 11.6 Å². The van der Waals surface area contributed by atoms with Crippen LogP contribution < -0.4 is 10.1 Å². The van der Waals surface area contributed by atoms with Crippen LogP contribution in [-0.4, -0.2) is 17.3 Å². The maximum Gasteiger partial charge on any atom is 0.164 e. The van der Waals surface area contributed by atoms with Gasteiger partial charge < -0.3 is 10.1 Å². The van der Waals surface area contributed by atoms with E-state index in [4.69, 9.17) is 16.3 Å². The van der Waals surface area contributed by atoms with Crippen LogP contribution >= 0.6 is 23.1 Å². The molecule has 1 aromatic carbocycles. The van der Waals surface area contributed by atoms with E-state index in [9.17, 15) is 4.79 Å². The number of hydrogen-bond acceptors (Lipinski definition) is 5. The van der Waals surface area contributed by atoms with Crippen LogP contribution in [0.4, 0.5) is 10.7 Å². The Morgan fingerprint density at radius 3 is 2.84 bits per heavy atom. The summed E-state index contributed by atoms with van der Waals surface area (Å²) in [5, 5.41) is 4.39. The second-order valence-electron chi connectivity index (χ2n) is 4.00. The first-order valence-electron chi connectivity index (χ1n) is 5.60. The number of ketones is 1. The van der Waals surface area contributed by atoms with Crippen LogP contribution in [0.5, 0.6) is 5.75 Å². The van der Waals surface area contributed by atoms with E-state index in [-0.39, 0.29) is 5.78 Å². The molecule has 0 radical (unpaired) electrons. The highest BCUT2D eigenvalue weighted by Gasteiger charge is 2.16. The van der Waals surface area contributed by atoms with Gasteiger partial charge in [0.15, 0.2) is 5.78 Å². The Bertz CT molecular complexity index is 625. The number of hydrogen-bond donors (Lipinski definition) is 1. The van der Waals surface area contributed by atoms with Crippen molar-refractivity contribution in [1.82, 2.24) is 4.37 Å². The fourth-order valence-corrected chi connectivity index (χ4v) is 2.74. The maximum absolute atomic E-state index is 11.6. The zero-order chi connectivity index (χ0) is 14.0. The first-order valence-corrected chi connectivity index (χ1v) is 6.76. The Hall–Kier alpha value is -1.59. The van der Waals surface area contributed by atoms with Gasteiger partial charge in [-0.3, -0.25) is 4.79 Å². The Morgan fingerprint density at radius 1 is 1.47 bits per heavy atom. The van der Waals surface area contributed by atoms with E-state index in [1.807, 2.05) is 6.92 Å². The highest BCUT2D eigenvalue weighted by molar-refractivity contribution is 7.10. The van der Waals surface area contributed by atoms with Crippen LogP contribution in [0.25, 0.3) is 0 Å². The van der Waals surface area contributed by atoms with Crippen LogP contribution in [0.3, 0.4) is 0 Å². The maximum atomic E-state index is 11.6. The van der Waals surface area contributed by atoms with Crippen LogP contribution in [0, 0.1) is 6.92 Å². The fraction of sp³-hybridized carbons (Fsp3) is 0.231. The molecule has 1 aromatic heterocycles. The first-order chi connectivity index (χ1) is 9.02. The van der Waals surface area contributed by atoms with E-state index in [2.05, 4.69) is 9.69 Å². The third kappa shape index (κ3) is 2.88. The molecule has 0 bridgehead atoms. The van der Waals surface area contributed by atoms with E-state index in [0.717, 1.165) is 5.69 Å². The molecule has 100 valence electrons. The van der Waals surface area contributed by atoms with Crippen molar-refractivity contribution in [1.29, 1.82) is 0 Å². The number of rotatable bonds is 4. The van der Waals surface area contributed by atoms with Crippen LogP contribution in [-0.2, 0) is 0 Å². The van der Waals surface area contributed by atoms with Gasteiger partial charge in [0, 0.05) is 6.07 Å². The minimum atomic E-state index is -0.0206. The quantitative estimate of drug-likeness (QED) is 0.865. The SMILES string of the molecule is COc1ccc(Cl)c(Nc2snc(C)c2C(C)=O)c1. The summed E-state index contributed by atoms with van der Waals surface area (Å²) < 4.78 is 9.34.